The minimum atomic E-state index is -3.60. The molecule has 2 aliphatic heterocycles. The second-order valence-corrected chi connectivity index (χ2v) is 9.01. The molecular weight excluding hydrogens is 390 g/mol. The number of hydrogen-bond acceptors (Lipinski definition) is 8. The fourth-order valence-corrected chi connectivity index (χ4v) is 5.21. The molecule has 0 N–H and O–H groups in total. The van der Waals surface area contributed by atoms with Gasteiger partial charge in [0.25, 0.3) is 0 Å². The molecule has 8 nitrogen and oxygen atoms in total. The lowest BCUT2D eigenvalue weighted by atomic mass is 10.0. The summed E-state index contributed by atoms with van der Waals surface area (Å²) >= 11 is 1.55. The number of sulfonamides is 1. The lowest BCUT2D eigenvalue weighted by Gasteiger charge is -2.35. The standard InChI is InChI=1S/C17H15N3O5S2/c21-27(22,13-1-2-14-15(7-13)24-5-4-23-14)20-8-12(9-20)17-18-16(19-25-17)11-3-6-26-10-11/h1-3,6-7,10,12H,4-5,8-9H2. The Kier molecular flexibility index (Phi) is 3.92. The van der Waals surface area contributed by atoms with Crippen LogP contribution in [0.4, 0.5) is 0 Å². The van der Waals surface area contributed by atoms with E-state index in [9.17, 15) is 8.42 Å². The Morgan fingerprint density at radius 1 is 1.11 bits per heavy atom. The number of benzene rings is 1. The first-order valence-corrected chi connectivity index (χ1v) is 10.8. The molecule has 10 heteroatoms. The van der Waals surface area contributed by atoms with Gasteiger partial charge in [-0.1, -0.05) is 5.16 Å². The summed E-state index contributed by atoms with van der Waals surface area (Å²) in [6.45, 7) is 1.49. The first-order chi connectivity index (χ1) is 13.1. The summed E-state index contributed by atoms with van der Waals surface area (Å²) in [4.78, 5) is 4.58. The van der Waals surface area contributed by atoms with Crippen LogP contribution < -0.4 is 9.47 Å². The molecular formula is C17H15N3O5S2. The molecule has 0 aliphatic carbocycles. The van der Waals surface area contributed by atoms with Crippen LogP contribution in [0.25, 0.3) is 11.4 Å². The Hall–Kier alpha value is -2.43. The Balaban J connectivity index is 1.31. The maximum atomic E-state index is 12.8. The Labute approximate surface area is 159 Å². The number of ether oxygens (including phenoxy) is 2. The highest BCUT2D eigenvalue weighted by molar-refractivity contribution is 7.89. The second-order valence-electron chi connectivity index (χ2n) is 6.29. The first kappa shape index (κ1) is 16.7. The lowest BCUT2D eigenvalue weighted by molar-refractivity contribution is 0.171. The third kappa shape index (κ3) is 2.89. The first-order valence-electron chi connectivity index (χ1n) is 8.37. The van der Waals surface area contributed by atoms with Crippen LogP contribution in [0, 0.1) is 0 Å². The summed E-state index contributed by atoms with van der Waals surface area (Å²) in [5.41, 5.74) is 0.898. The summed E-state index contributed by atoms with van der Waals surface area (Å²) in [6, 6.07) is 6.60. The molecule has 3 aromatic rings. The quantitative estimate of drug-likeness (QED) is 0.657. The van der Waals surface area contributed by atoms with Gasteiger partial charge in [0.2, 0.25) is 21.7 Å². The Morgan fingerprint density at radius 2 is 1.93 bits per heavy atom. The van der Waals surface area contributed by atoms with Crippen LogP contribution in [0.15, 0.2) is 44.4 Å². The van der Waals surface area contributed by atoms with Gasteiger partial charge in [-0.15, -0.1) is 0 Å². The van der Waals surface area contributed by atoms with Crippen molar-refractivity contribution in [2.75, 3.05) is 26.3 Å². The number of rotatable bonds is 4. The van der Waals surface area contributed by atoms with Crippen molar-refractivity contribution in [2.24, 2.45) is 0 Å². The van der Waals surface area contributed by atoms with E-state index in [1.807, 2.05) is 16.8 Å². The number of nitrogens with zero attached hydrogens (tertiary/aromatic N) is 3. The van der Waals surface area contributed by atoms with E-state index in [1.54, 1.807) is 17.4 Å². The van der Waals surface area contributed by atoms with Gasteiger partial charge in [-0.3, -0.25) is 0 Å². The Morgan fingerprint density at radius 3 is 2.70 bits per heavy atom. The molecule has 0 bridgehead atoms. The highest BCUT2D eigenvalue weighted by Crippen LogP contribution is 2.36. The summed E-state index contributed by atoms with van der Waals surface area (Å²) in [7, 11) is -3.60. The minimum absolute atomic E-state index is 0.100. The van der Waals surface area contributed by atoms with Crippen molar-refractivity contribution in [2.45, 2.75) is 10.8 Å². The fraction of sp³-hybridized carbons (Fsp3) is 0.294. The molecule has 27 heavy (non-hydrogen) atoms. The topological polar surface area (TPSA) is 94.8 Å². The predicted octanol–water partition coefficient (Wildman–Crippen LogP) is 2.36. The van der Waals surface area contributed by atoms with Gasteiger partial charge in [0.05, 0.1) is 10.8 Å². The number of aromatic nitrogens is 2. The summed E-state index contributed by atoms with van der Waals surface area (Å²) in [5.74, 6) is 1.91. The van der Waals surface area contributed by atoms with Crippen molar-refractivity contribution >= 4 is 21.4 Å². The van der Waals surface area contributed by atoms with Gasteiger partial charge in [0.15, 0.2) is 11.5 Å². The summed E-state index contributed by atoms with van der Waals surface area (Å²) < 4.78 is 43.3. The average molecular weight is 405 g/mol. The van der Waals surface area contributed by atoms with E-state index in [0.29, 0.717) is 49.5 Å². The van der Waals surface area contributed by atoms with Crippen LogP contribution in [0.2, 0.25) is 0 Å². The largest absolute Gasteiger partial charge is 0.486 e. The smallest absolute Gasteiger partial charge is 0.243 e. The monoisotopic (exact) mass is 405 g/mol. The number of fused-ring (bicyclic) bond motifs is 1. The molecule has 1 fully saturated rings. The number of thiophene rings is 1. The van der Waals surface area contributed by atoms with Gasteiger partial charge in [-0.05, 0) is 23.6 Å². The van der Waals surface area contributed by atoms with Gasteiger partial charge in [-0.25, -0.2) is 8.42 Å². The van der Waals surface area contributed by atoms with Gasteiger partial charge < -0.3 is 14.0 Å². The molecule has 0 radical (unpaired) electrons. The summed E-state index contributed by atoms with van der Waals surface area (Å²) in [6.07, 6.45) is 0. The lowest BCUT2D eigenvalue weighted by Crippen LogP contribution is -2.48. The minimum Gasteiger partial charge on any atom is -0.486 e. The van der Waals surface area contributed by atoms with Gasteiger partial charge >= 0.3 is 0 Å². The van der Waals surface area contributed by atoms with Crippen molar-refractivity contribution in [3.05, 3.63) is 40.9 Å². The van der Waals surface area contributed by atoms with Crippen LogP contribution in [0.1, 0.15) is 11.8 Å². The number of hydrogen-bond donors (Lipinski definition) is 0. The summed E-state index contributed by atoms with van der Waals surface area (Å²) in [5, 5.41) is 7.86. The van der Waals surface area contributed by atoms with Crippen LogP contribution in [-0.4, -0.2) is 49.2 Å². The van der Waals surface area contributed by atoms with Crippen molar-refractivity contribution in [3.63, 3.8) is 0 Å². The average Bonchev–Trinajstić information content (AvgIpc) is 3.31. The highest BCUT2D eigenvalue weighted by Gasteiger charge is 2.40. The van der Waals surface area contributed by atoms with Crippen molar-refractivity contribution < 1.29 is 22.4 Å². The van der Waals surface area contributed by atoms with E-state index < -0.39 is 10.0 Å². The molecule has 1 saturated heterocycles. The van der Waals surface area contributed by atoms with Crippen molar-refractivity contribution in [1.82, 2.24) is 14.4 Å². The third-order valence-electron chi connectivity index (χ3n) is 4.57. The van der Waals surface area contributed by atoms with Gasteiger partial charge in [0, 0.05) is 30.1 Å². The molecule has 0 amide bonds. The molecule has 2 aliphatic rings. The van der Waals surface area contributed by atoms with E-state index in [4.69, 9.17) is 14.0 Å². The van der Waals surface area contributed by atoms with Gasteiger partial charge in [-0.2, -0.15) is 20.6 Å². The van der Waals surface area contributed by atoms with E-state index in [-0.39, 0.29) is 10.8 Å². The molecule has 0 spiro atoms. The highest BCUT2D eigenvalue weighted by atomic mass is 32.2. The van der Waals surface area contributed by atoms with E-state index >= 15 is 0 Å². The molecule has 2 aromatic heterocycles. The van der Waals surface area contributed by atoms with E-state index in [2.05, 4.69) is 10.1 Å². The molecule has 5 rings (SSSR count). The predicted molar refractivity (Wildman–Crippen MR) is 96.5 cm³/mol. The molecule has 4 heterocycles. The van der Waals surface area contributed by atoms with Crippen LogP contribution >= 0.6 is 11.3 Å². The second kappa shape index (κ2) is 6.32. The normalized spacial score (nSPS) is 17.6. The SMILES string of the molecule is O=S(=O)(c1ccc2c(c1)OCCO2)N1CC(c2nc(-c3ccsc3)no2)C1. The molecule has 0 saturated carbocycles. The third-order valence-corrected chi connectivity index (χ3v) is 7.08. The Bertz CT molecular complexity index is 1070. The molecule has 1 aromatic carbocycles. The van der Waals surface area contributed by atoms with Crippen LogP contribution in [0.3, 0.4) is 0 Å². The molecule has 0 atom stereocenters. The maximum Gasteiger partial charge on any atom is 0.243 e. The zero-order chi connectivity index (χ0) is 18.4. The van der Waals surface area contributed by atoms with Crippen LogP contribution in [-0.2, 0) is 10.0 Å². The molecule has 0 unspecified atom stereocenters. The maximum absolute atomic E-state index is 12.8. The van der Waals surface area contributed by atoms with Crippen molar-refractivity contribution in [1.29, 1.82) is 0 Å². The van der Waals surface area contributed by atoms with Crippen LogP contribution in [0.5, 0.6) is 11.5 Å². The van der Waals surface area contributed by atoms with E-state index in [0.717, 1.165) is 5.56 Å². The van der Waals surface area contributed by atoms with Gasteiger partial charge in [0.1, 0.15) is 13.2 Å². The van der Waals surface area contributed by atoms with Crippen molar-refractivity contribution in [3.8, 4) is 22.9 Å². The fourth-order valence-electron chi connectivity index (χ4n) is 3.03. The molecule has 140 valence electrons. The zero-order valence-corrected chi connectivity index (χ0v) is 15.7. The zero-order valence-electron chi connectivity index (χ0n) is 14.1. The van der Waals surface area contributed by atoms with E-state index in [1.165, 1.54) is 16.4 Å².